The summed E-state index contributed by atoms with van der Waals surface area (Å²) < 4.78 is 1.91. The van der Waals surface area contributed by atoms with Gasteiger partial charge in [-0.05, 0) is 44.0 Å². The van der Waals surface area contributed by atoms with Crippen molar-refractivity contribution >= 4 is 16.9 Å². The Morgan fingerprint density at radius 1 is 1.17 bits per heavy atom. The highest BCUT2D eigenvalue weighted by Crippen LogP contribution is 2.17. The molecule has 0 spiro atoms. The number of nitrogens with zero attached hydrogens (tertiary/aromatic N) is 3. The molecule has 0 saturated heterocycles. The average Bonchev–Trinajstić information content (AvgIpc) is 3.03. The van der Waals surface area contributed by atoms with Crippen molar-refractivity contribution in [3.8, 4) is 0 Å². The number of imidazole rings is 1. The molecular formula is C18H20N4O. The highest BCUT2D eigenvalue weighted by molar-refractivity contribution is 5.83. The molecule has 0 saturated carbocycles. The van der Waals surface area contributed by atoms with Gasteiger partial charge in [0.25, 0.3) is 0 Å². The number of aryl methyl sites for hydroxylation is 1. The summed E-state index contributed by atoms with van der Waals surface area (Å²) in [6.45, 7) is 2.54. The van der Waals surface area contributed by atoms with Gasteiger partial charge in [-0.25, -0.2) is 4.98 Å². The van der Waals surface area contributed by atoms with Crippen molar-refractivity contribution in [2.75, 3.05) is 6.54 Å². The average molecular weight is 308 g/mol. The van der Waals surface area contributed by atoms with Gasteiger partial charge in [-0.1, -0.05) is 18.2 Å². The van der Waals surface area contributed by atoms with E-state index in [9.17, 15) is 4.79 Å². The Morgan fingerprint density at radius 2 is 2.00 bits per heavy atom. The lowest BCUT2D eigenvalue weighted by Gasteiger charge is -2.14. The quantitative estimate of drug-likeness (QED) is 0.712. The highest BCUT2D eigenvalue weighted by atomic mass is 16.2. The fourth-order valence-corrected chi connectivity index (χ4v) is 2.59. The molecule has 23 heavy (non-hydrogen) atoms. The number of rotatable bonds is 6. The van der Waals surface area contributed by atoms with Crippen LogP contribution in [0.5, 0.6) is 0 Å². The summed E-state index contributed by atoms with van der Waals surface area (Å²) in [7, 11) is 0. The minimum absolute atomic E-state index is 0.00849. The van der Waals surface area contributed by atoms with Crippen molar-refractivity contribution in [1.29, 1.82) is 0 Å². The fraction of sp³-hybridized carbons (Fsp3) is 0.278. The molecule has 1 atom stereocenters. The van der Waals surface area contributed by atoms with Gasteiger partial charge in [0, 0.05) is 18.4 Å². The molecule has 1 amide bonds. The van der Waals surface area contributed by atoms with Gasteiger partial charge >= 0.3 is 0 Å². The fourth-order valence-electron chi connectivity index (χ4n) is 2.59. The van der Waals surface area contributed by atoms with Crippen LogP contribution in [-0.4, -0.2) is 27.0 Å². The Morgan fingerprint density at radius 3 is 2.83 bits per heavy atom. The summed E-state index contributed by atoms with van der Waals surface area (Å²) in [5.74, 6) is 0.00849. The Hall–Kier alpha value is -2.69. The Labute approximate surface area is 135 Å². The topological polar surface area (TPSA) is 59.8 Å². The molecule has 2 aromatic heterocycles. The number of hydrogen-bond acceptors (Lipinski definition) is 3. The lowest BCUT2D eigenvalue weighted by molar-refractivity contribution is -0.123. The normalized spacial score (nSPS) is 12.2. The molecule has 0 aliphatic heterocycles. The van der Waals surface area contributed by atoms with Crippen molar-refractivity contribution in [2.45, 2.75) is 25.8 Å². The van der Waals surface area contributed by atoms with E-state index in [4.69, 9.17) is 0 Å². The number of nitrogens with one attached hydrogen (secondary N) is 1. The second kappa shape index (κ2) is 7.05. The van der Waals surface area contributed by atoms with Gasteiger partial charge in [0.1, 0.15) is 6.04 Å². The van der Waals surface area contributed by atoms with Crippen LogP contribution in [0.2, 0.25) is 0 Å². The third kappa shape index (κ3) is 3.56. The van der Waals surface area contributed by atoms with E-state index in [0.717, 1.165) is 29.6 Å². The number of aromatic nitrogens is 3. The molecule has 118 valence electrons. The second-order valence-corrected chi connectivity index (χ2v) is 5.53. The van der Waals surface area contributed by atoms with Crippen LogP contribution in [0.25, 0.3) is 11.0 Å². The second-order valence-electron chi connectivity index (χ2n) is 5.53. The van der Waals surface area contributed by atoms with Crippen molar-refractivity contribution in [2.24, 2.45) is 0 Å². The summed E-state index contributed by atoms with van der Waals surface area (Å²) in [6, 6.07) is 13.4. The SMILES string of the molecule is C[C@H](C(=O)NCCCc1ccccn1)n1cnc2ccccc21. The van der Waals surface area contributed by atoms with E-state index in [1.54, 1.807) is 12.5 Å². The summed E-state index contributed by atoms with van der Waals surface area (Å²) in [5.41, 5.74) is 2.93. The molecule has 5 nitrogen and oxygen atoms in total. The van der Waals surface area contributed by atoms with E-state index in [-0.39, 0.29) is 11.9 Å². The lowest BCUT2D eigenvalue weighted by atomic mass is 10.2. The van der Waals surface area contributed by atoms with E-state index >= 15 is 0 Å². The van der Waals surface area contributed by atoms with Gasteiger partial charge in [-0.15, -0.1) is 0 Å². The molecule has 0 aliphatic carbocycles. The number of pyridine rings is 1. The molecule has 0 unspecified atom stereocenters. The number of para-hydroxylation sites is 2. The molecule has 0 aliphatic rings. The Balaban J connectivity index is 1.54. The molecule has 2 heterocycles. The zero-order valence-electron chi connectivity index (χ0n) is 13.1. The Kier molecular flexibility index (Phi) is 4.66. The maximum absolute atomic E-state index is 12.3. The molecule has 3 aromatic rings. The van der Waals surface area contributed by atoms with Crippen LogP contribution in [0, 0.1) is 0 Å². The van der Waals surface area contributed by atoms with Gasteiger partial charge in [0.15, 0.2) is 0 Å². The van der Waals surface area contributed by atoms with Crippen LogP contribution >= 0.6 is 0 Å². The third-order valence-electron chi connectivity index (χ3n) is 3.91. The molecule has 1 N–H and O–H groups in total. The number of fused-ring (bicyclic) bond motifs is 1. The van der Waals surface area contributed by atoms with E-state index in [1.807, 2.05) is 54.0 Å². The molecule has 0 bridgehead atoms. The van der Waals surface area contributed by atoms with E-state index in [1.165, 1.54) is 0 Å². The van der Waals surface area contributed by atoms with Crippen molar-refractivity contribution in [3.63, 3.8) is 0 Å². The van der Waals surface area contributed by atoms with Crippen LogP contribution in [-0.2, 0) is 11.2 Å². The molecule has 0 radical (unpaired) electrons. The number of carbonyl (C=O) groups excluding carboxylic acids is 1. The van der Waals surface area contributed by atoms with Crippen molar-refractivity contribution in [3.05, 3.63) is 60.7 Å². The Bertz CT molecular complexity index is 782. The first-order chi connectivity index (χ1) is 11.3. The van der Waals surface area contributed by atoms with Crippen LogP contribution in [0.1, 0.15) is 25.1 Å². The first kappa shape index (κ1) is 15.2. The van der Waals surface area contributed by atoms with Crippen LogP contribution in [0.15, 0.2) is 55.0 Å². The van der Waals surface area contributed by atoms with E-state index < -0.39 is 0 Å². The molecule has 0 fully saturated rings. The first-order valence-corrected chi connectivity index (χ1v) is 7.85. The zero-order valence-corrected chi connectivity index (χ0v) is 13.1. The highest BCUT2D eigenvalue weighted by Gasteiger charge is 2.16. The van der Waals surface area contributed by atoms with E-state index in [0.29, 0.717) is 6.54 Å². The maximum Gasteiger partial charge on any atom is 0.242 e. The molecule has 5 heteroatoms. The minimum Gasteiger partial charge on any atom is -0.354 e. The zero-order chi connectivity index (χ0) is 16.1. The smallest absolute Gasteiger partial charge is 0.242 e. The maximum atomic E-state index is 12.3. The standard InChI is InChI=1S/C18H20N4O/c1-14(22-13-21-16-9-2-3-10-17(16)22)18(23)20-12-6-8-15-7-4-5-11-19-15/h2-5,7,9-11,13-14H,6,8,12H2,1H3,(H,20,23)/t14-/m1/s1. The number of amides is 1. The van der Waals surface area contributed by atoms with E-state index in [2.05, 4.69) is 15.3 Å². The largest absolute Gasteiger partial charge is 0.354 e. The van der Waals surface area contributed by atoms with Crippen molar-refractivity contribution in [1.82, 2.24) is 19.9 Å². The first-order valence-electron chi connectivity index (χ1n) is 7.85. The van der Waals surface area contributed by atoms with Crippen LogP contribution in [0.3, 0.4) is 0 Å². The summed E-state index contributed by atoms with van der Waals surface area (Å²) in [4.78, 5) is 20.9. The summed E-state index contributed by atoms with van der Waals surface area (Å²) >= 11 is 0. The molecular weight excluding hydrogens is 288 g/mol. The van der Waals surface area contributed by atoms with Gasteiger partial charge < -0.3 is 9.88 Å². The lowest BCUT2D eigenvalue weighted by Crippen LogP contribution is -2.31. The molecule has 3 rings (SSSR count). The number of hydrogen-bond donors (Lipinski definition) is 1. The van der Waals surface area contributed by atoms with Gasteiger partial charge in [0.05, 0.1) is 17.4 Å². The summed E-state index contributed by atoms with van der Waals surface area (Å²) in [5, 5.41) is 2.99. The summed E-state index contributed by atoms with van der Waals surface area (Å²) in [6.07, 6.45) is 5.26. The third-order valence-corrected chi connectivity index (χ3v) is 3.91. The van der Waals surface area contributed by atoms with Gasteiger partial charge in [-0.3, -0.25) is 9.78 Å². The monoisotopic (exact) mass is 308 g/mol. The van der Waals surface area contributed by atoms with Crippen LogP contribution < -0.4 is 5.32 Å². The molecule has 1 aromatic carbocycles. The van der Waals surface area contributed by atoms with Crippen LogP contribution in [0.4, 0.5) is 0 Å². The van der Waals surface area contributed by atoms with Gasteiger partial charge in [-0.2, -0.15) is 0 Å². The minimum atomic E-state index is -0.280. The van der Waals surface area contributed by atoms with Gasteiger partial charge in [0.2, 0.25) is 5.91 Å². The van der Waals surface area contributed by atoms with Crippen molar-refractivity contribution < 1.29 is 4.79 Å². The predicted octanol–water partition coefficient (Wildman–Crippen LogP) is 2.74. The predicted molar refractivity (Wildman–Crippen MR) is 90.0 cm³/mol. The number of carbonyl (C=O) groups is 1. The number of benzene rings is 1.